The standard InChI is InChI=1S/C26H22N4O5/c31-24(30-13-22-21(28-15-29-22)12-23(30)25(32)33)10-5-11-27-26(34)35-14-20-18-8-3-1-6-16(18)17-7-2-4-9-19(17)20/h1-4,6-9,15,20,23H,11-14H2,(H,27,34)(H,28,29)(H,32,33). The van der Waals surface area contributed by atoms with Gasteiger partial charge in [0.2, 0.25) is 0 Å². The van der Waals surface area contributed by atoms with Crippen molar-refractivity contribution in [3.8, 4) is 23.0 Å². The largest absolute Gasteiger partial charge is 0.480 e. The van der Waals surface area contributed by atoms with Gasteiger partial charge >= 0.3 is 12.1 Å². The number of carbonyl (C=O) groups is 3. The molecule has 2 heterocycles. The van der Waals surface area contributed by atoms with Crippen LogP contribution in [-0.4, -0.2) is 57.1 Å². The van der Waals surface area contributed by atoms with Crippen LogP contribution in [0.1, 0.15) is 28.4 Å². The molecule has 0 spiro atoms. The van der Waals surface area contributed by atoms with Crippen LogP contribution in [0.2, 0.25) is 0 Å². The molecule has 3 aromatic rings. The zero-order valence-electron chi connectivity index (χ0n) is 18.7. The number of nitrogens with zero attached hydrogens (tertiary/aromatic N) is 2. The Morgan fingerprint density at radius 2 is 1.80 bits per heavy atom. The molecule has 1 unspecified atom stereocenters. The molecule has 35 heavy (non-hydrogen) atoms. The van der Waals surface area contributed by atoms with Gasteiger partial charge in [-0.05, 0) is 28.2 Å². The first-order valence-corrected chi connectivity index (χ1v) is 11.1. The van der Waals surface area contributed by atoms with E-state index in [4.69, 9.17) is 4.74 Å². The lowest BCUT2D eigenvalue weighted by molar-refractivity contribution is -0.149. The third-order valence-electron chi connectivity index (χ3n) is 6.30. The second kappa shape index (κ2) is 9.35. The van der Waals surface area contributed by atoms with E-state index in [2.05, 4.69) is 39.3 Å². The van der Waals surface area contributed by atoms with E-state index in [0.29, 0.717) is 11.4 Å². The Hall–Kier alpha value is -4.58. The van der Waals surface area contributed by atoms with Crippen molar-refractivity contribution in [3.05, 3.63) is 77.4 Å². The summed E-state index contributed by atoms with van der Waals surface area (Å²) in [6, 6.07) is 15.1. The molecular formula is C26H22N4O5. The summed E-state index contributed by atoms with van der Waals surface area (Å²) in [6.45, 7) is 0.149. The maximum Gasteiger partial charge on any atom is 0.407 e. The van der Waals surface area contributed by atoms with Gasteiger partial charge in [-0.1, -0.05) is 54.5 Å². The van der Waals surface area contributed by atoms with Crippen LogP contribution in [0.4, 0.5) is 4.79 Å². The number of fused-ring (bicyclic) bond motifs is 4. The lowest BCUT2D eigenvalue weighted by Crippen LogP contribution is -2.48. The molecule has 0 saturated heterocycles. The molecule has 0 saturated carbocycles. The number of amides is 2. The zero-order valence-corrected chi connectivity index (χ0v) is 18.7. The lowest BCUT2D eigenvalue weighted by atomic mass is 9.98. The van der Waals surface area contributed by atoms with Gasteiger partial charge in [-0.2, -0.15) is 0 Å². The molecule has 1 atom stereocenters. The molecule has 3 N–H and O–H groups in total. The van der Waals surface area contributed by atoms with E-state index in [-0.39, 0.29) is 32.0 Å². The average Bonchev–Trinajstić information content (AvgIpc) is 3.46. The molecule has 9 heteroatoms. The number of ether oxygens (including phenoxy) is 1. The topological polar surface area (TPSA) is 125 Å². The minimum absolute atomic E-state index is 0.0553. The van der Waals surface area contributed by atoms with Crippen LogP contribution in [0.25, 0.3) is 11.1 Å². The number of carboxylic acid groups (broad SMARTS) is 1. The second-order valence-corrected chi connectivity index (χ2v) is 8.30. The Labute approximate surface area is 201 Å². The minimum Gasteiger partial charge on any atom is -0.480 e. The van der Waals surface area contributed by atoms with Crippen molar-refractivity contribution < 1.29 is 24.2 Å². The van der Waals surface area contributed by atoms with Gasteiger partial charge in [0.05, 0.1) is 30.8 Å². The highest BCUT2D eigenvalue weighted by Crippen LogP contribution is 2.44. The number of carboxylic acids is 1. The van der Waals surface area contributed by atoms with E-state index in [0.717, 1.165) is 22.3 Å². The molecule has 5 rings (SSSR count). The van der Waals surface area contributed by atoms with Crippen LogP contribution in [0, 0.1) is 11.8 Å². The smallest absolute Gasteiger partial charge is 0.407 e. The molecule has 1 aliphatic heterocycles. The third-order valence-corrected chi connectivity index (χ3v) is 6.30. The Kier molecular flexibility index (Phi) is 5.94. The van der Waals surface area contributed by atoms with E-state index in [9.17, 15) is 19.5 Å². The Morgan fingerprint density at radius 3 is 2.49 bits per heavy atom. The summed E-state index contributed by atoms with van der Waals surface area (Å²) in [4.78, 5) is 44.6. The zero-order chi connectivity index (χ0) is 24.4. The number of hydrogen-bond donors (Lipinski definition) is 3. The number of imidazole rings is 1. The van der Waals surface area contributed by atoms with Crippen molar-refractivity contribution in [2.45, 2.75) is 24.9 Å². The van der Waals surface area contributed by atoms with Crippen LogP contribution in [0.15, 0.2) is 54.9 Å². The van der Waals surface area contributed by atoms with Gasteiger partial charge in [0.15, 0.2) is 0 Å². The minimum atomic E-state index is -1.12. The molecule has 0 radical (unpaired) electrons. The normalized spacial score (nSPS) is 15.8. The number of hydrogen-bond acceptors (Lipinski definition) is 5. The SMILES string of the molecule is O=C(NCC#CC(=O)N1Cc2[nH]cnc2CC1C(=O)O)OCC1c2ccccc2-c2ccccc21. The third kappa shape index (κ3) is 4.34. The summed E-state index contributed by atoms with van der Waals surface area (Å²) in [5, 5.41) is 12.0. The molecular weight excluding hydrogens is 448 g/mol. The Morgan fingerprint density at radius 1 is 1.11 bits per heavy atom. The number of alkyl carbamates (subject to hydrolysis) is 1. The van der Waals surface area contributed by atoms with E-state index in [1.165, 1.54) is 11.2 Å². The van der Waals surface area contributed by atoms with Gasteiger partial charge in [-0.15, -0.1) is 0 Å². The average molecular weight is 470 g/mol. The van der Waals surface area contributed by atoms with Crippen LogP contribution in [0.5, 0.6) is 0 Å². The number of H-pyrrole nitrogens is 1. The number of nitrogens with one attached hydrogen (secondary N) is 2. The summed E-state index contributed by atoms with van der Waals surface area (Å²) in [6.07, 6.45) is 0.943. The number of aromatic amines is 1. The van der Waals surface area contributed by atoms with E-state index in [1.807, 2.05) is 36.4 Å². The first kappa shape index (κ1) is 22.2. The predicted octanol–water partition coefficient (Wildman–Crippen LogP) is 2.29. The first-order valence-electron chi connectivity index (χ1n) is 11.1. The number of aromatic nitrogens is 2. The van der Waals surface area contributed by atoms with Crippen molar-refractivity contribution >= 4 is 18.0 Å². The van der Waals surface area contributed by atoms with Gasteiger partial charge in [0.1, 0.15) is 12.6 Å². The summed E-state index contributed by atoms with van der Waals surface area (Å²) >= 11 is 0. The van der Waals surface area contributed by atoms with E-state index < -0.39 is 24.0 Å². The van der Waals surface area contributed by atoms with Gasteiger partial charge in [0, 0.05) is 12.3 Å². The fourth-order valence-corrected chi connectivity index (χ4v) is 4.63. The summed E-state index contributed by atoms with van der Waals surface area (Å²) in [5.74, 6) is 3.18. The summed E-state index contributed by atoms with van der Waals surface area (Å²) < 4.78 is 5.44. The number of aliphatic carboxylic acids is 1. The van der Waals surface area contributed by atoms with E-state index >= 15 is 0 Å². The van der Waals surface area contributed by atoms with Gasteiger partial charge in [0.25, 0.3) is 5.91 Å². The monoisotopic (exact) mass is 470 g/mol. The molecule has 2 aromatic carbocycles. The van der Waals surface area contributed by atoms with Crippen molar-refractivity contribution in [3.63, 3.8) is 0 Å². The Balaban J connectivity index is 1.16. The highest BCUT2D eigenvalue weighted by atomic mass is 16.5. The van der Waals surface area contributed by atoms with E-state index in [1.54, 1.807) is 0 Å². The lowest BCUT2D eigenvalue weighted by Gasteiger charge is -2.30. The number of benzene rings is 2. The molecule has 2 aliphatic rings. The summed E-state index contributed by atoms with van der Waals surface area (Å²) in [7, 11) is 0. The van der Waals surface area contributed by atoms with Crippen molar-refractivity contribution in [2.24, 2.45) is 0 Å². The second-order valence-electron chi connectivity index (χ2n) is 8.30. The molecule has 1 aromatic heterocycles. The predicted molar refractivity (Wildman–Crippen MR) is 125 cm³/mol. The highest BCUT2D eigenvalue weighted by molar-refractivity contribution is 5.96. The quantitative estimate of drug-likeness (QED) is 0.503. The number of rotatable bonds is 4. The van der Waals surface area contributed by atoms with Gasteiger partial charge < -0.3 is 25.0 Å². The molecule has 9 nitrogen and oxygen atoms in total. The fourth-order valence-electron chi connectivity index (χ4n) is 4.63. The molecule has 176 valence electrons. The van der Waals surface area contributed by atoms with Gasteiger partial charge in [-0.3, -0.25) is 4.79 Å². The van der Waals surface area contributed by atoms with Crippen molar-refractivity contribution in [2.75, 3.05) is 13.2 Å². The summed E-state index contributed by atoms with van der Waals surface area (Å²) in [5.41, 5.74) is 5.83. The Bertz CT molecular complexity index is 1320. The molecule has 2 amide bonds. The molecule has 1 aliphatic carbocycles. The van der Waals surface area contributed by atoms with Crippen LogP contribution in [-0.2, 0) is 27.3 Å². The maximum absolute atomic E-state index is 12.5. The van der Waals surface area contributed by atoms with Crippen LogP contribution < -0.4 is 5.32 Å². The maximum atomic E-state index is 12.5. The molecule has 0 bridgehead atoms. The molecule has 0 fully saturated rings. The van der Waals surface area contributed by atoms with Crippen LogP contribution >= 0.6 is 0 Å². The first-order chi connectivity index (χ1) is 17.0. The number of carbonyl (C=O) groups excluding carboxylic acids is 2. The van der Waals surface area contributed by atoms with Crippen molar-refractivity contribution in [1.29, 1.82) is 0 Å². The highest BCUT2D eigenvalue weighted by Gasteiger charge is 2.35. The van der Waals surface area contributed by atoms with Gasteiger partial charge in [-0.25, -0.2) is 14.6 Å². The van der Waals surface area contributed by atoms with Crippen molar-refractivity contribution in [1.82, 2.24) is 20.2 Å². The van der Waals surface area contributed by atoms with Crippen LogP contribution in [0.3, 0.4) is 0 Å². The fraction of sp³-hybridized carbons (Fsp3) is 0.231.